The zero-order chi connectivity index (χ0) is 15.2. The number of hydrogen-bond acceptors (Lipinski definition) is 3. The lowest BCUT2D eigenvalue weighted by molar-refractivity contribution is -0.122. The van der Waals surface area contributed by atoms with E-state index < -0.39 is 0 Å². The van der Waals surface area contributed by atoms with Crippen LogP contribution in [-0.4, -0.2) is 30.1 Å². The summed E-state index contributed by atoms with van der Waals surface area (Å²) in [7, 11) is 0. The predicted octanol–water partition coefficient (Wildman–Crippen LogP) is 2.51. The molecule has 0 bridgehead atoms. The lowest BCUT2D eigenvalue weighted by Gasteiger charge is -2.18. The van der Waals surface area contributed by atoms with E-state index in [1.807, 2.05) is 48.5 Å². The fourth-order valence-corrected chi connectivity index (χ4v) is 2.77. The first-order valence-corrected chi connectivity index (χ1v) is 7.70. The average molecular weight is 296 g/mol. The Morgan fingerprint density at radius 2 is 2.05 bits per heavy atom. The van der Waals surface area contributed by atoms with Crippen LogP contribution in [0, 0.1) is 0 Å². The zero-order valence-electron chi connectivity index (χ0n) is 12.4. The van der Waals surface area contributed by atoms with Crippen molar-refractivity contribution >= 4 is 5.91 Å². The van der Waals surface area contributed by atoms with Gasteiger partial charge in [-0.3, -0.25) is 9.78 Å². The first kappa shape index (κ1) is 14.7. The van der Waals surface area contributed by atoms with Crippen LogP contribution in [0.2, 0.25) is 0 Å². The molecule has 2 aromatic rings. The van der Waals surface area contributed by atoms with Gasteiger partial charge >= 0.3 is 0 Å². The van der Waals surface area contributed by atoms with E-state index in [1.165, 1.54) is 0 Å². The molecule has 0 saturated carbocycles. The van der Waals surface area contributed by atoms with E-state index in [9.17, 15) is 4.79 Å². The summed E-state index contributed by atoms with van der Waals surface area (Å²) < 4.78 is 5.56. The number of nitrogens with zero attached hydrogens (tertiary/aromatic N) is 1. The van der Waals surface area contributed by atoms with Gasteiger partial charge in [0.05, 0.1) is 11.8 Å². The van der Waals surface area contributed by atoms with Crippen LogP contribution in [0.25, 0.3) is 0 Å². The largest absolute Gasteiger partial charge is 0.376 e. The molecule has 2 unspecified atom stereocenters. The Labute approximate surface area is 130 Å². The monoisotopic (exact) mass is 296 g/mol. The second-order valence-corrected chi connectivity index (χ2v) is 5.48. The van der Waals surface area contributed by atoms with Crippen molar-refractivity contribution in [3.05, 3.63) is 66.0 Å². The molecule has 0 radical (unpaired) electrons. The van der Waals surface area contributed by atoms with E-state index in [2.05, 4.69) is 10.3 Å². The molecule has 1 aliphatic heterocycles. The molecule has 22 heavy (non-hydrogen) atoms. The maximum atomic E-state index is 12.7. The van der Waals surface area contributed by atoms with Crippen LogP contribution in [0.3, 0.4) is 0 Å². The molecule has 0 spiro atoms. The number of rotatable bonds is 5. The van der Waals surface area contributed by atoms with E-state index in [0.29, 0.717) is 6.54 Å². The Kier molecular flexibility index (Phi) is 4.81. The molecule has 4 heteroatoms. The maximum absolute atomic E-state index is 12.7. The van der Waals surface area contributed by atoms with Crippen molar-refractivity contribution in [3.63, 3.8) is 0 Å². The normalized spacial score (nSPS) is 18.8. The minimum absolute atomic E-state index is 0.0274. The van der Waals surface area contributed by atoms with Crippen molar-refractivity contribution in [3.8, 4) is 0 Å². The highest BCUT2D eigenvalue weighted by Crippen LogP contribution is 2.23. The molecule has 0 aliphatic carbocycles. The number of carbonyl (C=O) groups is 1. The van der Waals surface area contributed by atoms with Crippen LogP contribution in [0.5, 0.6) is 0 Å². The molecule has 1 aromatic heterocycles. The Hall–Kier alpha value is -2.20. The van der Waals surface area contributed by atoms with Crippen molar-refractivity contribution < 1.29 is 9.53 Å². The van der Waals surface area contributed by atoms with Gasteiger partial charge in [-0.15, -0.1) is 0 Å². The number of ether oxygens (including phenoxy) is 1. The van der Waals surface area contributed by atoms with Crippen molar-refractivity contribution in [2.75, 3.05) is 13.2 Å². The van der Waals surface area contributed by atoms with E-state index >= 15 is 0 Å². The number of benzene rings is 1. The lowest BCUT2D eigenvalue weighted by Crippen LogP contribution is -2.36. The van der Waals surface area contributed by atoms with Gasteiger partial charge in [0, 0.05) is 19.3 Å². The smallest absolute Gasteiger partial charge is 0.233 e. The average Bonchev–Trinajstić information content (AvgIpc) is 3.09. The SMILES string of the molecule is O=C(NCC1CCCO1)C(c1ccccc1)c1ccccn1. The van der Waals surface area contributed by atoms with Crippen LogP contribution >= 0.6 is 0 Å². The van der Waals surface area contributed by atoms with Gasteiger partial charge in [0.1, 0.15) is 5.92 Å². The summed E-state index contributed by atoms with van der Waals surface area (Å²) in [5.74, 6) is -0.413. The van der Waals surface area contributed by atoms with E-state index in [-0.39, 0.29) is 17.9 Å². The molecule has 1 saturated heterocycles. The molecule has 2 atom stereocenters. The zero-order valence-corrected chi connectivity index (χ0v) is 12.4. The number of amides is 1. The molecular weight excluding hydrogens is 276 g/mol. The summed E-state index contributed by atoms with van der Waals surface area (Å²) in [6.07, 6.45) is 3.95. The Morgan fingerprint density at radius 3 is 2.73 bits per heavy atom. The van der Waals surface area contributed by atoms with E-state index in [4.69, 9.17) is 4.74 Å². The topological polar surface area (TPSA) is 51.2 Å². The molecule has 1 aromatic carbocycles. The molecule has 1 aliphatic rings. The Morgan fingerprint density at radius 1 is 1.23 bits per heavy atom. The maximum Gasteiger partial charge on any atom is 0.233 e. The first-order chi connectivity index (χ1) is 10.8. The van der Waals surface area contributed by atoms with Crippen LogP contribution in [0.15, 0.2) is 54.7 Å². The van der Waals surface area contributed by atoms with Crippen LogP contribution < -0.4 is 5.32 Å². The third-order valence-corrected chi connectivity index (χ3v) is 3.91. The summed E-state index contributed by atoms with van der Waals surface area (Å²) in [5.41, 5.74) is 1.71. The van der Waals surface area contributed by atoms with Gasteiger partial charge in [0.25, 0.3) is 0 Å². The summed E-state index contributed by atoms with van der Waals surface area (Å²) in [4.78, 5) is 17.1. The lowest BCUT2D eigenvalue weighted by atomic mass is 9.94. The number of nitrogens with one attached hydrogen (secondary N) is 1. The number of aromatic nitrogens is 1. The fraction of sp³-hybridized carbons (Fsp3) is 0.333. The predicted molar refractivity (Wildman–Crippen MR) is 84.5 cm³/mol. The van der Waals surface area contributed by atoms with Gasteiger partial charge in [-0.2, -0.15) is 0 Å². The highest BCUT2D eigenvalue weighted by atomic mass is 16.5. The summed E-state index contributed by atoms with van der Waals surface area (Å²) >= 11 is 0. The Bertz CT molecular complexity index is 555. The third-order valence-electron chi connectivity index (χ3n) is 3.91. The molecule has 1 amide bonds. The quantitative estimate of drug-likeness (QED) is 0.922. The first-order valence-electron chi connectivity index (χ1n) is 7.70. The van der Waals surface area contributed by atoms with Crippen molar-refractivity contribution in [1.82, 2.24) is 10.3 Å². The van der Waals surface area contributed by atoms with Gasteiger partial charge in [0.15, 0.2) is 0 Å². The molecule has 2 heterocycles. The van der Waals surface area contributed by atoms with Crippen molar-refractivity contribution in [2.24, 2.45) is 0 Å². The summed E-state index contributed by atoms with van der Waals surface area (Å²) in [5, 5.41) is 3.02. The van der Waals surface area contributed by atoms with Crippen molar-refractivity contribution in [1.29, 1.82) is 0 Å². The van der Waals surface area contributed by atoms with Crippen LogP contribution in [-0.2, 0) is 9.53 Å². The van der Waals surface area contributed by atoms with Gasteiger partial charge < -0.3 is 10.1 Å². The number of pyridine rings is 1. The van der Waals surface area contributed by atoms with Gasteiger partial charge in [-0.05, 0) is 30.5 Å². The minimum atomic E-state index is -0.385. The molecular formula is C18H20N2O2. The van der Waals surface area contributed by atoms with Gasteiger partial charge in [-0.25, -0.2) is 0 Å². The van der Waals surface area contributed by atoms with Crippen molar-refractivity contribution in [2.45, 2.75) is 24.9 Å². The second-order valence-electron chi connectivity index (χ2n) is 5.48. The molecule has 4 nitrogen and oxygen atoms in total. The minimum Gasteiger partial charge on any atom is -0.376 e. The molecule has 1 N–H and O–H groups in total. The highest BCUT2D eigenvalue weighted by molar-refractivity contribution is 5.86. The number of hydrogen-bond donors (Lipinski definition) is 1. The van der Waals surface area contributed by atoms with Crippen LogP contribution in [0.4, 0.5) is 0 Å². The molecule has 3 rings (SSSR count). The third kappa shape index (κ3) is 3.52. The number of carbonyl (C=O) groups excluding carboxylic acids is 1. The summed E-state index contributed by atoms with van der Waals surface area (Å²) in [6.45, 7) is 1.36. The Balaban J connectivity index is 1.77. The fourth-order valence-electron chi connectivity index (χ4n) is 2.77. The van der Waals surface area contributed by atoms with Gasteiger partial charge in [-0.1, -0.05) is 36.4 Å². The van der Waals surface area contributed by atoms with Gasteiger partial charge in [0.2, 0.25) is 5.91 Å². The second kappa shape index (κ2) is 7.18. The highest BCUT2D eigenvalue weighted by Gasteiger charge is 2.25. The van der Waals surface area contributed by atoms with E-state index in [0.717, 1.165) is 30.7 Å². The summed E-state index contributed by atoms with van der Waals surface area (Å²) in [6, 6.07) is 15.4. The molecule has 1 fully saturated rings. The standard InChI is InChI=1S/C18H20N2O2/c21-18(20-13-15-9-6-12-22-15)17(14-7-2-1-3-8-14)16-10-4-5-11-19-16/h1-5,7-8,10-11,15,17H,6,9,12-13H2,(H,20,21). The van der Waals surface area contributed by atoms with E-state index in [1.54, 1.807) is 6.20 Å². The van der Waals surface area contributed by atoms with Crippen LogP contribution in [0.1, 0.15) is 30.0 Å². The molecule has 114 valence electrons.